The Morgan fingerprint density at radius 1 is 1.36 bits per heavy atom. The Hall–Kier alpha value is -2.64. The molecule has 0 radical (unpaired) electrons. The van der Waals surface area contributed by atoms with Crippen molar-refractivity contribution < 1.29 is 9.59 Å². The van der Waals surface area contributed by atoms with E-state index in [9.17, 15) is 9.59 Å². The van der Waals surface area contributed by atoms with Gasteiger partial charge in [-0.1, -0.05) is 0 Å². The number of rotatable bonds is 3. The summed E-state index contributed by atoms with van der Waals surface area (Å²) < 4.78 is 0. The number of carbonyl (C=O) groups excluding carboxylic acids is 2. The van der Waals surface area contributed by atoms with Crippen LogP contribution in [0.4, 0.5) is 10.6 Å². The summed E-state index contributed by atoms with van der Waals surface area (Å²) in [4.78, 5) is 34.9. The number of nitrogens with one attached hydrogen (secondary N) is 4. The molecule has 22 heavy (non-hydrogen) atoms. The predicted octanol–water partition coefficient (Wildman–Crippen LogP) is 0.994. The maximum atomic E-state index is 12.0. The van der Waals surface area contributed by atoms with Gasteiger partial charge >= 0.3 is 6.03 Å². The summed E-state index contributed by atoms with van der Waals surface area (Å²) in [6.07, 6.45) is 5.50. The Balaban J connectivity index is 1.55. The molecule has 0 aliphatic heterocycles. The van der Waals surface area contributed by atoms with Crippen molar-refractivity contribution in [3.8, 4) is 0 Å². The van der Waals surface area contributed by atoms with Gasteiger partial charge < -0.3 is 15.6 Å². The largest absolute Gasteiger partial charge is 0.359 e. The molecule has 0 saturated heterocycles. The van der Waals surface area contributed by atoms with Crippen molar-refractivity contribution in [1.29, 1.82) is 0 Å². The maximum absolute atomic E-state index is 12.0. The third-order valence-corrected chi connectivity index (χ3v) is 3.89. The first-order valence-corrected chi connectivity index (χ1v) is 7.25. The molecule has 1 saturated carbocycles. The van der Waals surface area contributed by atoms with Crippen LogP contribution in [0.5, 0.6) is 0 Å². The molecular weight excluding hydrogens is 284 g/mol. The van der Waals surface area contributed by atoms with Crippen molar-refractivity contribution in [2.75, 3.05) is 12.4 Å². The van der Waals surface area contributed by atoms with E-state index in [0.717, 1.165) is 12.8 Å². The van der Waals surface area contributed by atoms with Gasteiger partial charge in [-0.3, -0.25) is 10.1 Å². The van der Waals surface area contributed by atoms with Gasteiger partial charge in [-0.25, -0.2) is 14.8 Å². The van der Waals surface area contributed by atoms with Crippen LogP contribution in [0.1, 0.15) is 19.3 Å². The Bertz CT molecular complexity index is 697. The molecule has 0 spiro atoms. The minimum absolute atomic E-state index is 0.00579. The summed E-state index contributed by atoms with van der Waals surface area (Å²) in [6, 6.07) is 1.47. The van der Waals surface area contributed by atoms with E-state index in [4.69, 9.17) is 0 Å². The minimum atomic E-state index is -0.327. The van der Waals surface area contributed by atoms with Gasteiger partial charge in [0.25, 0.3) is 0 Å². The van der Waals surface area contributed by atoms with Crippen LogP contribution in [0, 0.1) is 5.92 Å². The molecule has 2 atom stereocenters. The van der Waals surface area contributed by atoms with Crippen LogP contribution in [-0.2, 0) is 4.79 Å². The van der Waals surface area contributed by atoms with Crippen LogP contribution in [0.25, 0.3) is 11.2 Å². The number of aromatic nitrogens is 3. The van der Waals surface area contributed by atoms with Crippen LogP contribution in [0.3, 0.4) is 0 Å². The number of hydrogen-bond donors (Lipinski definition) is 4. The predicted molar refractivity (Wildman–Crippen MR) is 81.2 cm³/mol. The number of nitrogens with zero attached hydrogens (tertiary/aromatic N) is 2. The van der Waals surface area contributed by atoms with Gasteiger partial charge in [-0.2, -0.15) is 0 Å². The van der Waals surface area contributed by atoms with Crippen molar-refractivity contribution >= 4 is 28.9 Å². The number of carbonyl (C=O) groups is 2. The molecule has 2 heterocycles. The van der Waals surface area contributed by atoms with E-state index in [1.165, 1.54) is 6.20 Å². The fourth-order valence-electron chi connectivity index (χ4n) is 2.78. The monoisotopic (exact) mass is 302 g/mol. The van der Waals surface area contributed by atoms with Crippen molar-refractivity contribution in [1.82, 2.24) is 25.6 Å². The second-order valence-corrected chi connectivity index (χ2v) is 5.39. The maximum Gasteiger partial charge on any atom is 0.320 e. The molecule has 3 rings (SSSR count). The van der Waals surface area contributed by atoms with Crippen LogP contribution in [0.15, 0.2) is 18.5 Å². The van der Waals surface area contributed by atoms with Crippen LogP contribution in [0.2, 0.25) is 0 Å². The fraction of sp³-hybridized carbons (Fsp3) is 0.429. The standard InChI is InChI=1S/C14H18N6O2/c1-15-13(21)8-2-3-9(6-8)18-14(22)20-11-7-17-12-10(19-11)4-5-16-12/h4-5,7-9H,2-3,6H2,1H3,(H,15,21)(H,16,17)(H2,18,19,20,22). The highest BCUT2D eigenvalue weighted by molar-refractivity contribution is 5.89. The van der Waals surface area contributed by atoms with Crippen molar-refractivity contribution in [3.05, 3.63) is 18.5 Å². The first-order valence-electron chi connectivity index (χ1n) is 7.25. The van der Waals surface area contributed by atoms with Gasteiger partial charge in [-0.15, -0.1) is 0 Å². The van der Waals surface area contributed by atoms with Gasteiger partial charge in [0.2, 0.25) is 5.91 Å². The number of H-pyrrole nitrogens is 1. The molecule has 0 aromatic carbocycles. The normalized spacial score (nSPS) is 20.8. The molecule has 1 fully saturated rings. The Morgan fingerprint density at radius 3 is 3.05 bits per heavy atom. The zero-order chi connectivity index (χ0) is 15.5. The summed E-state index contributed by atoms with van der Waals surface area (Å²) in [7, 11) is 1.63. The van der Waals surface area contributed by atoms with E-state index in [0.29, 0.717) is 23.4 Å². The zero-order valence-electron chi connectivity index (χ0n) is 12.2. The average Bonchev–Trinajstić information content (AvgIpc) is 3.14. The Labute approximate surface area is 127 Å². The van der Waals surface area contributed by atoms with Crippen molar-refractivity contribution in [2.45, 2.75) is 25.3 Å². The first-order chi connectivity index (χ1) is 10.7. The molecule has 116 valence electrons. The zero-order valence-corrected chi connectivity index (χ0v) is 12.2. The SMILES string of the molecule is CNC(=O)C1CCC(NC(=O)Nc2cnc3[nH]ccc3n2)C1. The molecule has 8 nitrogen and oxygen atoms in total. The third kappa shape index (κ3) is 3.00. The fourth-order valence-corrected chi connectivity index (χ4v) is 2.78. The molecule has 2 aromatic heterocycles. The summed E-state index contributed by atoms with van der Waals surface area (Å²) in [5.74, 6) is 0.408. The van der Waals surface area contributed by atoms with Gasteiger partial charge in [-0.05, 0) is 25.3 Å². The Morgan fingerprint density at radius 2 is 2.23 bits per heavy atom. The number of fused-ring (bicyclic) bond motifs is 1. The molecule has 2 aromatic rings. The van der Waals surface area contributed by atoms with Crippen LogP contribution >= 0.6 is 0 Å². The topological polar surface area (TPSA) is 112 Å². The molecule has 4 N–H and O–H groups in total. The minimum Gasteiger partial charge on any atom is -0.359 e. The average molecular weight is 302 g/mol. The lowest BCUT2D eigenvalue weighted by Crippen LogP contribution is -2.37. The first kappa shape index (κ1) is 14.3. The molecule has 2 unspecified atom stereocenters. The summed E-state index contributed by atoms with van der Waals surface area (Å²) in [6.45, 7) is 0. The summed E-state index contributed by atoms with van der Waals surface area (Å²) >= 11 is 0. The van der Waals surface area contributed by atoms with Gasteiger partial charge in [0.05, 0.1) is 6.20 Å². The molecule has 0 bridgehead atoms. The highest BCUT2D eigenvalue weighted by Gasteiger charge is 2.30. The van der Waals surface area contributed by atoms with E-state index in [1.54, 1.807) is 19.3 Å². The van der Waals surface area contributed by atoms with Gasteiger partial charge in [0, 0.05) is 25.2 Å². The van der Waals surface area contributed by atoms with E-state index in [1.807, 2.05) is 0 Å². The quantitative estimate of drug-likeness (QED) is 0.677. The number of urea groups is 1. The number of amides is 3. The summed E-state index contributed by atoms with van der Waals surface area (Å²) in [5.41, 5.74) is 1.37. The highest BCUT2D eigenvalue weighted by Crippen LogP contribution is 2.25. The van der Waals surface area contributed by atoms with Crippen LogP contribution in [-0.4, -0.2) is 40.0 Å². The number of hydrogen-bond acceptors (Lipinski definition) is 4. The molecule has 1 aliphatic rings. The highest BCUT2D eigenvalue weighted by atomic mass is 16.2. The number of anilines is 1. The van der Waals surface area contributed by atoms with Crippen molar-refractivity contribution in [3.63, 3.8) is 0 Å². The third-order valence-electron chi connectivity index (χ3n) is 3.89. The lowest BCUT2D eigenvalue weighted by atomic mass is 10.1. The molecular formula is C14H18N6O2. The van der Waals surface area contributed by atoms with E-state index in [-0.39, 0.29) is 23.9 Å². The van der Waals surface area contributed by atoms with Crippen LogP contribution < -0.4 is 16.0 Å². The second-order valence-electron chi connectivity index (χ2n) is 5.39. The van der Waals surface area contributed by atoms with E-state index < -0.39 is 0 Å². The van der Waals surface area contributed by atoms with Crippen molar-refractivity contribution in [2.24, 2.45) is 5.92 Å². The molecule has 8 heteroatoms. The molecule has 1 aliphatic carbocycles. The van der Waals surface area contributed by atoms with Gasteiger partial charge in [0.1, 0.15) is 5.52 Å². The number of aromatic amines is 1. The lowest BCUT2D eigenvalue weighted by molar-refractivity contribution is -0.124. The van der Waals surface area contributed by atoms with Gasteiger partial charge in [0.15, 0.2) is 11.5 Å². The second kappa shape index (κ2) is 6.00. The summed E-state index contributed by atoms with van der Waals surface area (Å²) in [5, 5.41) is 8.19. The Kier molecular flexibility index (Phi) is 3.90. The lowest BCUT2D eigenvalue weighted by Gasteiger charge is -2.13. The smallest absolute Gasteiger partial charge is 0.320 e. The molecule has 3 amide bonds. The van der Waals surface area contributed by atoms with E-state index >= 15 is 0 Å². The van der Waals surface area contributed by atoms with E-state index in [2.05, 4.69) is 30.9 Å².